The van der Waals surface area contributed by atoms with Crippen LogP contribution in [0.3, 0.4) is 0 Å². The molecule has 0 aliphatic rings. The molecule has 0 fully saturated rings. The first-order valence-corrected chi connectivity index (χ1v) is 6.75. The average molecular weight is 282 g/mol. The van der Waals surface area contributed by atoms with E-state index in [9.17, 15) is 9.90 Å². The molecule has 1 aromatic carbocycles. The molecule has 21 heavy (non-hydrogen) atoms. The van der Waals surface area contributed by atoms with Crippen LogP contribution < -0.4 is 5.63 Å². The summed E-state index contributed by atoms with van der Waals surface area (Å²) in [5.41, 5.74) is 2.17. The summed E-state index contributed by atoms with van der Waals surface area (Å²) in [6.45, 7) is 11.1. The van der Waals surface area contributed by atoms with Crippen LogP contribution in [0.4, 0.5) is 0 Å². The monoisotopic (exact) mass is 282 g/mol. The molecule has 3 heteroatoms. The molecule has 0 radical (unpaired) electrons. The van der Waals surface area contributed by atoms with E-state index >= 15 is 0 Å². The van der Waals surface area contributed by atoms with E-state index in [1.807, 2.05) is 6.07 Å². The van der Waals surface area contributed by atoms with Crippen LogP contribution in [0, 0.1) is 0 Å². The number of phenolic OH excluding ortho intramolecular Hbond substituents is 1. The molecule has 0 spiro atoms. The molecule has 3 nitrogen and oxygen atoms in total. The third kappa shape index (κ3) is 2.82. The number of rotatable bonds is 6. The van der Waals surface area contributed by atoms with Crippen LogP contribution in [-0.2, 0) is 19.3 Å². The van der Waals surface area contributed by atoms with Gasteiger partial charge >= 0.3 is 5.63 Å². The van der Waals surface area contributed by atoms with Crippen molar-refractivity contribution in [2.75, 3.05) is 0 Å². The predicted octanol–water partition coefficient (Wildman–Crippen LogP) is 3.68. The molecule has 1 heterocycles. The van der Waals surface area contributed by atoms with Crippen LogP contribution in [0.25, 0.3) is 11.0 Å². The fourth-order valence-electron chi connectivity index (χ4n) is 2.45. The highest BCUT2D eigenvalue weighted by Crippen LogP contribution is 2.33. The highest BCUT2D eigenvalue weighted by atomic mass is 16.4. The molecule has 0 aliphatic carbocycles. The Hall–Kier alpha value is -2.55. The molecule has 0 bridgehead atoms. The second-order valence-electron chi connectivity index (χ2n) is 4.81. The third-order valence-corrected chi connectivity index (χ3v) is 3.34. The van der Waals surface area contributed by atoms with E-state index in [-0.39, 0.29) is 5.75 Å². The van der Waals surface area contributed by atoms with E-state index in [0.717, 1.165) is 16.5 Å². The molecule has 0 unspecified atom stereocenters. The smallest absolute Gasteiger partial charge is 0.336 e. The maximum atomic E-state index is 11.7. The van der Waals surface area contributed by atoms with Crippen molar-refractivity contribution in [2.24, 2.45) is 0 Å². The van der Waals surface area contributed by atoms with Crippen molar-refractivity contribution in [1.82, 2.24) is 0 Å². The molecular weight excluding hydrogens is 264 g/mol. The van der Waals surface area contributed by atoms with E-state index < -0.39 is 5.63 Å². The lowest BCUT2D eigenvalue weighted by molar-refractivity contribution is 0.461. The Kier molecular flexibility index (Phi) is 4.43. The summed E-state index contributed by atoms with van der Waals surface area (Å²) in [6.07, 6.45) is 6.67. The van der Waals surface area contributed by atoms with Crippen molar-refractivity contribution < 1.29 is 9.52 Å². The van der Waals surface area contributed by atoms with Crippen LogP contribution in [0.5, 0.6) is 5.75 Å². The van der Waals surface area contributed by atoms with Crippen molar-refractivity contribution in [2.45, 2.75) is 19.3 Å². The van der Waals surface area contributed by atoms with Gasteiger partial charge < -0.3 is 9.52 Å². The molecule has 1 aromatic heterocycles. The van der Waals surface area contributed by atoms with Gasteiger partial charge in [0.25, 0.3) is 0 Å². The number of hydrogen-bond acceptors (Lipinski definition) is 3. The Morgan fingerprint density at radius 3 is 2.24 bits per heavy atom. The van der Waals surface area contributed by atoms with Crippen molar-refractivity contribution in [1.29, 1.82) is 0 Å². The molecule has 2 aromatic rings. The molecule has 0 saturated carbocycles. The Morgan fingerprint density at radius 2 is 1.62 bits per heavy atom. The lowest BCUT2D eigenvalue weighted by atomic mass is 9.96. The van der Waals surface area contributed by atoms with Gasteiger partial charge in [-0.15, -0.1) is 19.7 Å². The van der Waals surface area contributed by atoms with Crippen LogP contribution in [0.15, 0.2) is 59.3 Å². The fraction of sp³-hybridized carbons (Fsp3) is 0.167. The SMILES string of the molecule is C=CCc1cc2c(CC=C)cc(=O)oc2c(CC=C)c1O. The summed E-state index contributed by atoms with van der Waals surface area (Å²) in [4.78, 5) is 11.7. The molecule has 0 saturated heterocycles. The largest absolute Gasteiger partial charge is 0.507 e. The minimum atomic E-state index is -0.430. The van der Waals surface area contributed by atoms with Gasteiger partial charge in [-0.2, -0.15) is 0 Å². The average Bonchev–Trinajstić information content (AvgIpc) is 2.45. The topological polar surface area (TPSA) is 50.4 Å². The Morgan fingerprint density at radius 1 is 1.00 bits per heavy atom. The van der Waals surface area contributed by atoms with E-state index in [1.165, 1.54) is 6.07 Å². The van der Waals surface area contributed by atoms with E-state index in [4.69, 9.17) is 4.42 Å². The lowest BCUT2D eigenvalue weighted by Crippen LogP contribution is -2.03. The third-order valence-electron chi connectivity index (χ3n) is 3.34. The number of aromatic hydroxyl groups is 1. The van der Waals surface area contributed by atoms with Crippen LogP contribution in [-0.4, -0.2) is 5.11 Å². The van der Waals surface area contributed by atoms with Gasteiger partial charge in [0.05, 0.1) is 0 Å². The quantitative estimate of drug-likeness (QED) is 0.649. The summed E-state index contributed by atoms with van der Waals surface area (Å²) >= 11 is 0. The van der Waals surface area contributed by atoms with Crippen LogP contribution in [0.1, 0.15) is 16.7 Å². The van der Waals surface area contributed by atoms with Crippen molar-refractivity contribution in [3.05, 3.63) is 77.2 Å². The Labute approximate surface area is 123 Å². The first-order valence-electron chi connectivity index (χ1n) is 6.75. The van der Waals surface area contributed by atoms with Crippen molar-refractivity contribution in [3.63, 3.8) is 0 Å². The molecule has 0 atom stereocenters. The number of fused-ring (bicyclic) bond motifs is 1. The highest BCUT2D eigenvalue weighted by Gasteiger charge is 2.16. The summed E-state index contributed by atoms with van der Waals surface area (Å²) in [7, 11) is 0. The van der Waals surface area contributed by atoms with Gasteiger partial charge in [0.1, 0.15) is 11.3 Å². The first kappa shape index (κ1) is 14.9. The molecule has 1 N–H and O–H groups in total. The lowest BCUT2D eigenvalue weighted by Gasteiger charge is -2.12. The number of phenols is 1. The first-order chi connectivity index (χ1) is 10.1. The number of allylic oxidation sites excluding steroid dienone is 3. The van der Waals surface area contributed by atoms with Gasteiger partial charge in [0.2, 0.25) is 0 Å². The van der Waals surface area contributed by atoms with Gasteiger partial charge in [-0.05, 0) is 36.5 Å². The zero-order valence-corrected chi connectivity index (χ0v) is 11.9. The van der Waals surface area contributed by atoms with Gasteiger partial charge in [-0.1, -0.05) is 18.2 Å². The second-order valence-corrected chi connectivity index (χ2v) is 4.81. The standard InChI is InChI=1S/C18H18O3/c1-4-7-12-11-16(19)21-18-14(9-6-3)17(20)13(8-5-2)10-15(12)18/h4-6,10-11,20H,1-3,7-9H2. The van der Waals surface area contributed by atoms with Crippen LogP contribution in [0.2, 0.25) is 0 Å². The van der Waals surface area contributed by atoms with E-state index in [0.29, 0.717) is 30.4 Å². The van der Waals surface area contributed by atoms with Crippen LogP contribution >= 0.6 is 0 Å². The minimum Gasteiger partial charge on any atom is -0.507 e. The minimum absolute atomic E-state index is 0.140. The Balaban J connectivity index is 2.90. The van der Waals surface area contributed by atoms with Gasteiger partial charge in [0, 0.05) is 17.0 Å². The fourth-order valence-corrected chi connectivity index (χ4v) is 2.45. The maximum absolute atomic E-state index is 11.7. The van der Waals surface area contributed by atoms with Crippen molar-refractivity contribution in [3.8, 4) is 5.75 Å². The van der Waals surface area contributed by atoms with E-state index in [1.54, 1.807) is 18.2 Å². The Bertz CT molecular complexity index is 766. The molecule has 2 rings (SSSR count). The summed E-state index contributed by atoms with van der Waals surface area (Å²) in [5.74, 6) is 0.140. The molecule has 0 aliphatic heterocycles. The van der Waals surface area contributed by atoms with Gasteiger partial charge in [-0.3, -0.25) is 0 Å². The molecule has 0 amide bonds. The number of hydrogen-bond donors (Lipinski definition) is 1. The second kappa shape index (κ2) is 6.27. The zero-order valence-electron chi connectivity index (χ0n) is 11.9. The summed E-state index contributed by atoms with van der Waals surface area (Å²) in [6, 6.07) is 3.32. The summed E-state index contributed by atoms with van der Waals surface area (Å²) in [5, 5.41) is 11.2. The van der Waals surface area contributed by atoms with Gasteiger partial charge in [-0.25, -0.2) is 4.79 Å². The zero-order chi connectivity index (χ0) is 15.4. The van der Waals surface area contributed by atoms with Gasteiger partial charge in [0.15, 0.2) is 0 Å². The normalized spacial score (nSPS) is 10.5. The maximum Gasteiger partial charge on any atom is 0.336 e. The predicted molar refractivity (Wildman–Crippen MR) is 85.9 cm³/mol. The number of benzene rings is 1. The van der Waals surface area contributed by atoms with Crippen molar-refractivity contribution >= 4 is 11.0 Å². The summed E-state index contributed by atoms with van der Waals surface area (Å²) < 4.78 is 5.32. The highest BCUT2D eigenvalue weighted by molar-refractivity contribution is 5.87. The molecular formula is C18H18O3. The van der Waals surface area contributed by atoms with E-state index in [2.05, 4.69) is 19.7 Å². The molecule has 108 valence electrons.